The Labute approximate surface area is 201 Å². The lowest BCUT2D eigenvalue weighted by molar-refractivity contribution is -0.124. The van der Waals surface area contributed by atoms with Gasteiger partial charge in [-0.25, -0.2) is 14.9 Å². The Morgan fingerprint density at radius 3 is 2.62 bits per heavy atom. The average molecular weight is 471 g/mol. The zero-order chi connectivity index (χ0) is 23.7. The number of carbonyl (C=O) groups excluding carboxylic acids is 2. The Morgan fingerprint density at radius 2 is 1.82 bits per heavy atom. The van der Waals surface area contributed by atoms with Crippen molar-refractivity contribution in [3.63, 3.8) is 0 Å². The summed E-state index contributed by atoms with van der Waals surface area (Å²) in [5.41, 5.74) is 2.98. The number of hydrogen-bond donors (Lipinski definition) is 1. The van der Waals surface area contributed by atoms with E-state index < -0.39 is 11.3 Å². The van der Waals surface area contributed by atoms with Crippen molar-refractivity contribution in [2.45, 2.75) is 18.2 Å². The van der Waals surface area contributed by atoms with Crippen LogP contribution in [0.1, 0.15) is 24.1 Å². The van der Waals surface area contributed by atoms with E-state index in [0.29, 0.717) is 22.4 Å². The third kappa shape index (κ3) is 4.08. The number of para-hydroxylation sites is 1. The lowest BCUT2D eigenvalue weighted by Gasteiger charge is -2.26. The van der Waals surface area contributed by atoms with Crippen LogP contribution in [0.3, 0.4) is 0 Å². The van der Waals surface area contributed by atoms with Crippen molar-refractivity contribution in [3.05, 3.63) is 90.0 Å². The molecule has 2 heterocycles. The number of ether oxygens (including phenoxy) is 1. The first-order chi connectivity index (χ1) is 16.5. The predicted molar refractivity (Wildman–Crippen MR) is 135 cm³/mol. The highest BCUT2D eigenvalue weighted by molar-refractivity contribution is 8.15. The predicted octanol–water partition coefficient (Wildman–Crippen LogP) is 4.79. The minimum Gasteiger partial charge on any atom is -0.497 e. The number of benzene rings is 3. The average Bonchev–Trinajstić information content (AvgIpc) is 3.22. The number of carbonyl (C=O) groups is 2. The van der Waals surface area contributed by atoms with Gasteiger partial charge in [0.2, 0.25) is 5.91 Å². The fourth-order valence-corrected chi connectivity index (χ4v) is 4.75. The molecule has 0 unspecified atom stereocenters. The first-order valence-corrected chi connectivity index (χ1v) is 11.7. The van der Waals surface area contributed by atoms with Gasteiger partial charge in [-0.05, 0) is 36.8 Å². The number of aliphatic imine (C=N–C) groups is 2. The van der Waals surface area contributed by atoms with Crippen LogP contribution in [0.5, 0.6) is 5.75 Å². The SMILES string of the molecule is COc1cccc(NC(=O)[C@H](C)SC2=Nc3ccccc3C3=N[C@@H](c4ccccc4)C(=O)N23)c1. The summed E-state index contributed by atoms with van der Waals surface area (Å²) < 4.78 is 5.22. The van der Waals surface area contributed by atoms with Crippen molar-refractivity contribution < 1.29 is 14.3 Å². The zero-order valence-electron chi connectivity index (χ0n) is 18.6. The molecular formula is C26H22N4O3S. The normalized spacial score (nSPS) is 17.3. The van der Waals surface area contributed by atoms with E-state index in [1.54, 1.807) is 31.1 Å². The summed E-state index contributed by atoms with van der Waals surface area (Å²) in [5.74, 6) is 0.834. The number of amides is 2. The fraction of sp³-hybridized carbons (Fsp3) is 0.154. The van der Waals surface area contributed by atoms with E-state index in [1.807, 2.05) is 66.7 Å². The maximum atomic E-state index is 13.5. The monoisotopic (exact) mass is 470 g/mol. The van der Waals surface area contributed by atoms with E-state index in [4.69, 9.17) is 14.7 Å². The zero-order valence-corrected chi connectivity index (χ0v) is 19.5. The molecule has 2 aliphatic heterocycles. The number of fused-ring (bicyclic) bond motifs is 3. The molecule has 5 rings (SSSR count). The summed E-state index contributed by atoms with van der Waals surface area (Å²) in [5, 5.41) is 2.83. The molecule has 8 heteroatoms. The largest absolute Gasteiger partial charge is 0.497 e. The van der Waals surface area contributed by atoms with Crippen LogP contribution in [0.4, 0.5) is 11.4 Å². The third-order valence-corrected chi connectivity index (χ3v) is 6.63. The van der Waals surface area contributed by atoms with E-state index in [1.165, 1.54) is 11.8 Å². The molecule has 0 aliphatic carbocycles. The molecule has 0 saturated heterocycles. The molecule has 3 aromatic carbocycles. The van der Waals surface area contributed by atoms with Crippen LogP contribution in [-0.4, -0.2) is 40.1 Å². The highest BCUT2D eigenvalue weighted by Crippen LogP contribution is 2.38. The van der Waals surface area contributed by atoms with Gasteiger partial charge in [0.1, 0.15) is 11.6 Å². The van der Waals surface area contributed by atoms with Crippen molar-refractivity contribution in [2.75, 3.05) is 12.4 Å². The Kier molecular flexibility index (Phi) is 5.90. The van der Waals surface area contributed by atoms with Crippen LogP contribution in [0, 0.1) is 0 Å². The molecule has 7 nitrogen and oxygen atoms in total. The Bertz CT molecular complexity index is 1320. The van der Waals surface area contributed by atoms with Crippen LogP contribution in [0.2, 0.25) is 0 Å². The number of anilines is 1. The summed E-state index contributed by atoms with van der Waals surface area (Å²) >= 11 is 1.23. The summed E-state index contributed by atoms with van der Waals surface area (Å²) in [6.07, 6.45) is 0. The standard InChI is InChI=1S/C26H22N4O3S/c1-16(24(31)27-18-11-8-12-19(15-18)33-2)34-26-28-21-14-7-6-13-20(21)23-29-22(25(32)30(23)26)17-9-4-3-5-10-17/h3-16,22H,1-2H3,(H,27,31)/t16-,22-/m0/s1. The highest BCUT2D eigenvalue weighted by Gasteiger charge is 2.42. The van der Waals surface area contributed by atoms with Crippen LogP contribution >= 0.6 is 11.8 Å². The second-order valence-electron chi connectivity index (χ2n) is 7.83. The molecule has 0 spiro atoms. The molecule has 0 aromatic heterocycles. The van der Waals surface area contributed by atoms with E-state index in [9.17, 15) is 9.59 Å². The third-order valence-electron chi connectivity index (χ3n) is 5.57. The maximum Gasteiger partial charge on any atom is 0.263 e. The highest BCUT2D eigenvalue weighted by atomic mass is 32.2. The summed E-state index contributed by atoms with van der Waals surface area (Å²) in [4.78, 5) is 37.5. The van der Waals surface area contributed by atoms with Crippen LogP contribution in [0.15, 0.2) is 88.8 Å². The number of amidine groups is 2. The smallest absolute Gasteiger partial charge is 0.263 e. The molecule has 2 atom stereocenters. The van der Waals surface area contributed by atoms with Gasteiger partial charge in [0.15, 0.2) is 11.2 Å². The van der Waals surface area contributed by atoms with Crippen LogP contribution in [-0.2, 0) is 9.59 Å². The van der Waals surface area contributed by atoms with Crippen molar-refractivity contribution in [2.24, 2.45) is 9.98 Å². The first kappa shape index (κ1) is 21.9. The summed E-state index contributed by atoms with van der Waals surface area (Å²) in [6.45, 7) is 1.79. The Morgan fingerprint density at radius 1 is 1.06 bits per heavy atom. The van der Waals surface area contributed by atoms with Gasteiger partial charge in [0.25, 0.3) is 5.91 Å². The van der Waals surface area contributed by atoms with Gasteiger partial charge in [-0.2, -0.15) is 0 Å². The Hall–Kier alpha value is -3.91. The van der Waals surface area contributed by atoms with Crippen molar-refractivity contribution in [3.8, 4) is 5.75 Å². The fourth-order valence-electron chi connectivity index (χ4n) is 3.84. The molecule has 3 aromatic rings. The molecule has 2 aliphatic rings. The molecule has 0 radical (unpaired) electrons. The second-order valence-corrected chi connectivity index (χ2v) is 9.14. The minimum atomic E-state index is -0.644. The molecule has 2 amide bonds. The quantitative estimate of drug-likeness (QED) is 0.581. The molecule has 0 fully saturated rings. The molecular weight excluding hydrogens is 448 g/mol. The number of nitrogens with zero attached hydrogens (tertiary/aromatic N) is 3. The van der Waals surface area contributed by atoms with Gasteiger partial charge < -0.3 is 10.1 Å². The van der Waals surface area contributed by atoms with Gasteiger partial charge in [-0.3, -0.25) is 9.59 Å². The number of rotatable bonds is 5. The van der Waals surface area contributed by atoms with Crippen molar-refractivity contribution in [1.82, 2.24) is 4.90 Å². The molecule has 0 saturated carbocycles. The number of nitrogens with one attached hydrogen (secondary N) is 1. The van der Waals surface area contributed by atoms with Gasteiger partial charge in [0.05, 0.1) is 18.0 Å². The maximum absolute atomic E-state index is 13.5. The van der Waals surface area contributed by atoms with Gasteiger partial charge >= 0.3 is 0 Å². The number of methoxy groups -OCH3 is 1. The lowest BCUT2D eigenvalue weighted by atomic mass is 10.1. The van der Waals surface area contributed by atoms with E-state index in [-0.39, 0.29) is 11.8 Å². The van der Waals surface area contributed by atoms with Crippen LogP contribution in [0.25, 0.3) is 0 Å². The number of thioether (sulfide) groups is 1. The Balaban J connectivity index is 1.42. The lowest BCUT2D eigenvalue weighted by Crippen LogP contribution is -2.41. The molecule has 1 N–H and O–H groups in total. The molecule has 0 bridgehead atoms. The van der Waals surface area contributed by atoms with E-state index >= 15 is 0 Å². The number of hydrogen-bond acceptors (Lipinski definition) is 6. The van der Waals surface area contributed by atoms with Crippen molar-refractivity contribution >= 4 is 46.0 Å². The minimum absolute atomic E-state index is 0.178. The summed E-state index contributed by atoms with van der Waals surface area (Å²) in [7, 11) is 1.58. The topological polar surface area (TPSA) is 83.4 Å². The summed E-state index contributed by atoms with van der Waals surface area (Å²) in [6, 6.07) is 23.6. The van der Waals surface area contributed by atoms with Crippen LogP contribution < -0.4 is 10.1 Å². The second kappa shape index (κ2) is 9.15. The van der Waals surface area contributed by atoms with Gasteiger partial charge in [-0.15, -0.1) is 0 Å². The van der Waals surface area contributed by atoms with Gasteiger partial charge in [0, 0.05) is 17.3 Å². The van der Waals surface area contributed by atoms with E-state index in [2.05, 4.69) is 5.32 Å². The first-order valence-electron chi connectivity index (χ1n) is 10.8. The van der Waals surface area contributed by atoms with E-state index in [0.717, 1.165) is 16.8 Å². The van der Waals surface area contributed by atoms with Crippen molar-refractivity contribution in [1.29, 1.82) is 0 Å². The van der Waals surface area contributed by atoms with Gasteiger partial charge in [-0.1, -0.05) is 60.3 Å². The molecule has 34 heavy (non-hydrogen) atoms. The molecule has 170 valence electrons.